The van der Waals surface area contributed by atoms with E-state index in [0.29, 0.717) is 17.4 Å². The zero-order chi connectivity index (χ0) is 54.9. The Hall–Kier alpha value is -0.760. The predicted molar refractivity (Wildman–Crippen MR) is 328 cm³/mol. The van der Waals surface area contributed by atoms with Gasteiger partial charge in [0.2, 0.25) is 5.91 Å². The molecular formula is C66H134N2O6P+. The summed E-state index contributed by atoms with van der Waals surface area (Å²) in [5, 5.41) is 14.0. The molecule has 0 saturated carbocycles. The Morgan fingerprint density at radius 2 is 0.707 bits per heavy atom. The largest absolute Gasteiger partial charge is 0.472 e. The summed E-state index contributed by atoms with van der Waals surface area (Å²) in [6.45, 7) is 4.88. The van der Waals surface area contributed by atoms with Gasteiger partial charge < -0.3 is 19.8 Å². The first-order chi connectivity index (χ1) is 36.5. The van der Waals surface area contributed by atoms with Gasteiger partial charge in [0.05, 0.1) is 39.9 Å². The van der Waals surface area contributed by atoms with Crippen LogP contribution in [0.15, 0.2) is 12.2 Å². The van der Waals surface area contributed by atoms with Gasteiger partial charge in [0.25, 0.3) is 0 Å². The molecule has 0 bridgehead atoms. The summed E-state index contributed by atoms with van der Waals surface area (Å²) in [6.07, 6.45) is 73.5. The third-order valence-corrected chi connectivity index (χ3v) is 16.7. The van der Waals surface area contributed by atoms with E-state index in [9.17, 15) is 19.4 Å². The number of phosphoric ester groups is 1. The molecule has 0 heterocycles. The van der Waals surface area contributed by atoms with E-state index in [4.69, 9.17) is 9.05 Å². The Bertz CT molecular complexity index is 1230. The van der Waals surface area contributed by atoms with Crippen LogP contribution in [-0.2, 0) is 18.4 Å². The third-order valence-electron chi connectivity index (χ3n) is 15.8. The zero-order valence-corrected chi connectivity index (χ0v) is 52.2. The lowest BCUT2D eigenvalue weighted by Gasteiger charge is -2.25. The van der Waals surface area contributed by atoms with Crippen molar-refractivity contribution in [3.63, 3.8) is 0 Å². The third kappa shape index (κ3) is 60.7. The summed E-state index contributed by atoms with van der Waals surface area (Å²) in [7, 11) is 1.59. The quantitative estimate of drug-likeness (QED) is 0.0243. The lowest BCUT2D eigenvalue weighted by atomic mass is 10.0. The maximum absolute atomic E-state index is 13.0. The second-order valence-corrected chi connectivity index (χ2v) is 26.0. The summed E-state index contributed by atoms with van der Waals surface area (Å²) in [6, 6.07) is -0.843. The number of nitrogens with zero attached hydrogens (tertiary/aromatic N) is 1. The molecule has 0 rings (SSSR count). The predicted octanol–water partition coefficient (Wildman–Crippen LogP) is 20.9. The summed E-state index contributed by atoms with van der Waals surface area (Å²) >= 11 is 0. The van der Waals surface area contributed by atoms with Crippen LogP contribution in [0, 0.1) is 0 Å². The van der Waals surface area contributed by atoms with Crippen molar-refractivity contribution in [1.29, 1.82) is 0 Å². The Balaban J connectivity index is 3.99. The molecule has 0 aliphatic rings. The fourth-order valence-corrected chi connectivity index (χ4v) is 11.3. The van der Waals surface area contributed by atoms with E-state index in [0.717, 1.165) is 32.1 Å². The van der Waals surface area contributed by atoms with Gasteiger partial charge in [-0.1, -0.05) is 341 Å². The van der Waals surface area contributed by atoms with E-state index in [-0.39, 0.29) is 19.1 Å². The topological polar surface area (TPSA) is 105 Å². The number of aliphatic hydroxyl groups is 1. The minimum atomic E-state index is -4.35. The van der Waals surface area contributed by atoms with Crippen molar-refractivity contribution in [1.82, 2.24) is 5.32 Å². The van der Waals surface area contributed by atoms with E-state index in [1.54, 1.807) is 6.08 Å². The SMILES string of the molecule is CCCCCCCCCCCCCCCCCCCC/C=C/C(O)C(COP(=O)(O)OCC[N+](C)(C)C)NC(=O)CCCCCCCCCCCCCCCCCCCCCCCCCCCCCCCCCCC. The molecule has 0 spiro atoms. The second kappa shape index (κ2) is 57.9. The molecular weight excluding hydrogens is 948 g/mol. The molecule has 0 fully saturated rings. The number of carbonyl (C=O) groups excluding carboxylic acids is 1. The standard InChI is InChI=1S/C66H133N2O6P/c1-6-8-10-12-14-16-18-20-22-24-26-28-29-30-31-32-33-34-35-36-37-38-39-40-42-44-46-48-50-52-54-56-58-60-66(70)67-64(63-74-75(71,72)73-62-61-68(3,4)5)65(69)59-57-55-53-51-49-47-45-43-41-27-25-23-21-19-17-15-13-11-9-7-2/h57,59,64-65,69H,6-56,58,60-63H2,1-5H3,(H-,67,70,71,72)/p+1/b59-57+. The minimum Gasteiger partial charge on any atom is -0.387 e. The van der Waals surface area contributed by atoms with Gasteiger partial charge in [0.1, 0.15) is 13.2 Å². The van der Waals surface area contributed by atoms with E-state index in [1.165, 1.54) is 302 Å². The summed E-state index contributed by atoms with van der Waals surface area (Å²) < 4.78 is 23.8. The fourth-order valence-electron chi connectivity index (χ4n) is 10.5. The molecule has 0 aliphatic carbocycles. The van der Waals surface area contributed by atoms with E-state index >= 15 is 0 Å². The van der Waals surface area contributed by atoms with Gasteiger partial charge in [-0.05, 0) is 19.3 Å². The summed E-state index contributed by atoms with van der Waals surface area (Å²) in [4.78, 5) is 23.4. The second-order valence-electron chi connectivity index (χ2n) is 24.6. The van der Waals surface area contributed by atoms with Gasteiger partial charge in [0, 0.05) is 6.42 Å². The van der Waals surface area contributed by atoms with Crippen LogP contribution in [0.4, 0.5) is 0 Å². The van der Waals surface area contributed by atoms with Crippen LogP contribution in [0.3, 0.4) is 0 Å². The van der Waals surface area contributed by atoms with Gasteiger partial charge >= 0.3 is 7.82 Å². The van der Waals surface area contributed by atoms with Gasteiger partial charge in [0.15, 0.2) is 0 Å². The van der Waals surface area contributed by atoms with Crippen molar-refractivity contribution in [3.05, 3.63) is 12.2 Å². The molecule has 0 radical (unpaired) electrons. The molecule has 0 aromatic carbocycles. The van der Waals surface area contributed by atoms with Gasteiger partial charge in [-0.2, -0.15) is 0 Å². The van der Waals surface area contributed by atoms with Crippen LogP contribution in [-0.4, -0.2) is 73.4 Å². The number of aliphatic hydroxyl groups excluding tert-OH is 1. The Morgan fingerprint density at radius 3 is 0.987 bits per heavy atom. The number of amides is 1. The van der Waals surface area contributed by atoms with Crippen molar-refractivity contribution in [3.8, 4) is 0 Å². The first kappa shape index (κ1) is 74.2. The normalized spacial score (nSPS) is 13.7. The molecule has 8 nitrogen and oxygen atoms in total. The molecule has 448 valence electrons. The Morgan fingerprint density at radius 1 is 0.440 bits per heavy atom. The van der Waals surface area contributed by atoms with Crippen molar-refractivity contribution in [2.75, 3.05) is 40.9 Å². The molecule has 1 amide bonds. The molecule has 9 heteroatoms. The number of quaternary nitrogens is 1. The number of phosphoric acid groups is 1. The number of likely N-dealkylation sites (N-methyl/N-ethyl adjacent to an activating group) is 1. The van der Waals surface area contributed by atoms with Crippen LogP contribution >= 0.6 is 7.82 Å². The Kier molecular flexibility index (Phi) is 57.3. The average Bonchev–Trinajstić information content (AvgIpc) is 3.37. The minimum absolute atomic E-state index is 0.0654. The van der Waals surface area contributed by atoms with Crippen molar-refractivity contribution in [2.45, 2.75) is 366 Å². The molecule has 3 atom stereocenters. The fraction of sp³-hybridized carbons (Fsp3) is 0.955. The molecule has 0 saturated heterocycles. The van der Waals surface area contributed by atoms with Crippen LogP contribution in [0.25, 0.3) is 0 Å². The molecule has 0 aromatic heterocycles. The highest BCUT2D eigenvalue weighted by atomic mass is 31.2. The van der Waals surface area contributed by atoms with Crippen LogP contribution in [0.1, 0.15) is 354 Å². The van der Waals surface area contributed by atoms with Crippen molar-refractivity contribution in [2.24, 2.45) is 0 Å². The molecule has 0 aromatic rings. The number of carbonyl (C=O) groups is 1. The van der Waals surface area contributed by atoms with Crippen molar-refractivity contribution >= 4 is 13.7 Å². The number of rotatable bonds is 63. The van der Waals surface area contributed by atoms with Gasteiger partial charge in [-0.25, -0.2) is 4.57 Å². The van der Waals surface area contributed by atoms with E-state index < -0.39 is 20.0 Å². The smallest absolute Gasteiger partial charge is 0.387 e. The number of unbranched alkanes of at least 4 members (excludes halogenated alkanes) is 50. The molecule has 0 aliphatic heterocycles. The number of nitrogens with one attached hydrogen (secondary N) is 1. The van der Waals surface area contributed by atoms with Crippen LogP contribution in [0.5, 0.6) is 0 Å². The highest BCUT2D eigenvalue weighted by Gasteiger charge is 2.28. The van der Waals surface area contributed by atoms with Crippen LogP contribution in [0.2, 0.25) is 0 Å². The van der Waals surface area contributed by atoms with Crippen molar-refractivity contribution < 1.29 is 32.9 Å². The highest BCUT2D eigenvalue weighted by Crippen LogP contribution is 2.43. The number of hydrogen-bond acceptors (Lipinski definition) is 5. The average molecular weight is 1080 g/mol. The first-order valence-electron chi connectivity index (χ1n) is 33.6. The summed E-state index contributed by atoms with van der Waals surface area (Å²) in [5.74, 6) is -0.168. The molecule has 3 N–H and O–H groups in total. The lowest BCUT2D eigenvalue weighted by Crippen LogP contribution is -2.45. The maximum atomic E-state index is 13.0. The summed E-state index contributed by atoms with van der Waals surface area (Å²) in [5.41, 5.74) is 0. The Labute approximate surface area is 469 Å². The zero-order valence-electron chi connectivity index (χ0n) is 51.3. The number of allylic oxidation sites excluding steroid dienone is 1. The van der Waals surface area contributed by atoms with E-state index in [1.807, 2.05) is 27.2 Å². The lowest BCUT2D eigenvalue weighted by molar-refractivity contribution is -0.870. The highest BCUT2D eigenvalue weighted by molar-refractivity contribution is 7.47. The van der Waals surface area contributed by atoms with E-state index in [2.05, 4.69) is 19.2 Å². The molecule has 3 unspecified atom stereocenters. The monoisotopic (exact) mass is 1080 g/mol. The van der Waals surface area contributed by atoms with Crippen LogP contribution < -0.4 is 5.32 Å². The van der Waals surface area contributed by atoms with Gasteiger partial charge in [-0.3, -0.25) is 13.8 Å². The van der Waals surface area contributed by atoms with Gasteiger partial charge in [-0.15, -0.1) is 0 Å². The number of hydrogen-bond donors (Lipinski definition) is 3. The maximum Gasteiger partial charge on any atom is 0.472 e. The first-order valence-corrected chi connectivity index (χ1v) is 35.1. The molecule has 75 heavy (non-hydrogen) atoms.